The standard InChI is InChI=1S/C17H20N2O4S/c1-3-14-19-11(2)16(24-14)17(22)18-9-8-12-4-6-13(7-5-12)23-10-15(20)21/h4-7H,3,8-10H2,1-2H3,(H,18,22)(H,20,21). The molecular weight excluding hydrogens is 328 g/mol. The molecule has 1 aromatic heterocycles. The Bertz CT molecular complexity index is 710. The van der Waals surface area contributed by atoms with Crippen LogP contribution in [0, 0.1) is 6.92 Å². The monoisotopic (exact) mass is 348 g/mol. The molecule has 1 aromatic carbocycles. The number of amides is 1. The Hall–Kier alpha value is -2.41. The average Bonchev–Trinajstić information content (AvgIpc) is 2.95. The molecule has 0 spiro atoms. The molecule has 6 nitrogen and oxygen atoms in total. The van der Waals surface area contributed by atoms with Crippen LogP contribution in [0.2, 0.25) is 0 Å². The quantitative estimate of drug-likeness (QED) is 0.765. The van der Waals surface area contributed by atoms with Crippen molar-refractivity contribution in [1.29, 1.82) is 0 Å². The Labute approximate surface area is 144 Å². The highest BCUT2D eigenvalue weighted by Crippen LogP contribution is 2.18. The number of carboxylic acid groups (broad SMARTS) is 1. The molecule has 0 aliphatic carbocycles. The minimum atomic E-state index is -1.01. The van der Waals surface area contributed by atoms with E-state index in [0.29, 0.717) is 23.6 Å². The summed E-state index contributed by atoms with van der Waals surface area (Å²) in [6.07, 6.45) is 1.51. The number of benzene rings is 1. The number of carbonyl (C=O) groups excluding carboxylic acids is 1. The Kier molecular flexibility index (Phi) is 6.31. The lowest BCUT2D eigenvalue weighted by molar-refractivity contribution is -0.139. The summed E-state index contributed by atoms with van der Waals surface area (Å²) < 4.78 is 5.07. The Morgan fingerprint density at radius 3 is 2.58 bits per heavy atom. The van der Waals surface area contributed by atoms with Gasteiger partial charge in [0.25, 0.3) is 5.91 Å². The van der Waals surface area contributed by atoms with Gasteiger partial charge in [-0.3, -0.25) is 4.79 Å². The number of carboxylic acids is 1. The number of aryl methyl sites for hydroxylation is 2. The number of nitrogens with one attached hydrogen (secondary N) is 1. The summed E-state index contributed by atoms with van der Waals surface area (Å²) in [5, 5.41) is 12.4. The molecule has 0 unspecified atom stereocenters. The summed E-state index contributed by atoms with van der Waals surface area (Å²) in [5.41, 5.74) is 1.81. The molecule has 0 fully saturated rings. The summed E-state index contributed by atoms with van der Waals surface area (Å²) in [6.45, 7) is 4.03. The van der Waals surface area contributed by atoms with Gasteiger partial charge in [0.1, 0.15) is 10.6 Å². The molecule has 128 valence electrons. The number of aliphatic carboxylic acids is 1. The van der Waals surface area contributed by atoms with E-state index < -0.39 is 5.97 Å². The van der Waals surface area contributed by atoms with Crippen LogP contribution in [0.15, 0.2) is 24.3 Å². The molecule has 2 rings (SSSR count). The van der Waals surface area contributed by atoms with Crippen LogP contribution < -0.4 is 10.1 Å². The van der Waals surface area contributed by atoms with Gasteiger partial charge in [-0.15, -0.1) is 11.3 Å². The second-order valence-corrected chi connectivity index (χ2v) is 6.29. The minimum absolute atomic E-state index is 0.0916. The number of ether oxygens (including phenoxy) is 1. The van der Waals surface area contributed by atoms with Crippen LogP contribution in [0.3, 0.4) is 0 Å². The highest BCUT2D eigenvalue weighted by molar-refractivity contribution is 7.13. The molecule has 24 heavy (non-hydrogen) atoms. The van der Waals surface area contributed by atoms with E-state index in [9.17, 15) is 9.59 Å². The van der Waals surface area contributed by atoms with E-state index in [1.165, 1.54) is 11.3 Å². The summed E-state index contributed by atoms with van der Waals surface area (Å²) in [7, 11) is 0. The topological polar surface area (TPSA) is 88.5 Å². The van der Waals surface area contributed by atoms with E-state index in [1.54, 1.807) is 12.1 Å². The van der Waals surface area contributed by atoms with Gasteiger partial charge in [0, 0.05) is 6.54 Å². The molecule has 0 saturated carbocycles. The average molecular weight is 348 g/mol. The first-order valence-corrected chi connectivity index (χ1v) is 8.49. The molecule has 0 atom stereocenters. The van der Waals surface area contributed by atoms with Crippen molar-refractivity contribution in [2.45, 2.75) is 26.7 Å². The summed E-state index contributed by atoms with van der Waals surface area (Å²) in [4.78, 5) is 27.6. The third-order valence-electron chi connectivity index (χ3n) is 3.33. The van der Waals surface area contributed by atoms with Gasteiger partial charge < -0.3 is 15.2 Å². The lowest BCUT2D eigenvalue weighted by atomic mass is 10.1. The number of rotatable bonds is 8. The van der Waals surface area contributed by atoms with Gasteiger partial charge in [-0.25, -0.2) is 9.78 Å². The van der Waals surface area contributed by atoms with Gasteiger partial charge in [-0.05, 0) is 37.5 Å². The van der Waals surface area contributed by atoms with Crippen molar-refractivity contribution in [2.75, 3.05) is 13.2 Å². The van der Waals surface area contributed by atoms with E-state index in [1.807, 2.05) is 26.0 Å². The van der Waals surface area contributed by atoms with E-state index in [0.717, 1.165) is 22.7 Å². The second kappa shape index (κ2) is 8.44. The van der Waals surface area contributed by atoms with Gasteiger partial charge in [0.15, 0.2) is 6.61 Å². The zero-order valence-electron chi connectivity index (χ0n) is 13.7. The summed E-state index contributed by atoms with van der Waals surface area (Å²) >= 11 is 1.44. The number of aromatic nitrogens is 1. The number of nitrogens with zero attached hydrogens (tertiary/aromatic N) is 1. The van der Waals surface area contributed by atoms with Gasteiger partial charge in [0.05, 0.1) is 10.7 Å². The van der Waals surface area contributed by atoms with Crippen LogP contribution in [-0.4, -0.2) is 35.1 Å². The Morgan fingerprint density at radius 2 is 2.00 bits per heavy atom. The van der Waals surface area contributed by atoms with E-state index in [-0.39, 0.29) is 12.5 Å². The molecule has 0 bridgehead atoms. The van der Waals surface area contributed by atoms with Crippen molar-refractivity contribution in [1.82, 2.24) is 10.3 Å². The van der Waals surface area contributed by atoms with E-state index in [4.69, 9.17) is 9.84 Å². The summed E-state index contributed by atoms with van der Waals surface area (Å²) in [6, 6.07) is 7.16. The largest absolute Gasteiger partial charge is 0.482 e. The highest BCUT2D eigenvalue weighted by atomic mass is 32.1. The molecule has 1 amide bonds. The fraction of sp³-hybridized carbons (Fsp3) is 0.353. The van der Waals surface area contributed by atoms with Gasteiger partial charge in [0.2, 0.25) is 0 Å². The lowest BCUT2D eigenvalue weighted by Crippen LogP contribution is -2.25. The second-order valence-electron chi connectivity index (χ2n) is 5.21. The van der Waals surface area contributed by atoms with Gasteiger partial charge in [-0.2, -0.15) is 0 Å². The fourth-order valence-electron chi connectivity index (χ4n) is 2.11. The van der Waals surface area contributed by atoms with Crippen LogP contribution in [0.25, 0.3) is 0 Å². The molecule has 0 aliphatic rings. The van der Waals surface area contributed by atoms with Gasteiger partial charge >= 0.3 is 5.97 Å². The van der Waals surface area contributed by atoms with Crippen molar-refractivity contribution in [3.05, 3.63) is 45.4 Å². The zero-order valence-corrected chi connectivity index (χ0v) is 14.5. The lowest BCUT2D eigenvalue weighted by Gasteiger charge is -2.06. The highest BCUT2D eigenvalue weighted by Gasteiger charge is 2.13. The third kappa shape index (κ3) is 5.06. The van der Waals surface area contributed by atoms with Crippen molar-refractivity contribution in [3.8, 4) is 5.75 Å². The van der Waals surface area contributed by atoms with Gasteiger partial charge in [-0.1, -0.05) is 19.1 Å². The van der Waals surface area contributed by atoms with Crippen molar-refractivity contribution >= 4 is 23.2 Å². The molecule has 0 aliphatic heterocycles. The van der Waals surface area contributed by atoms with Crippen molar-refractivity contribution in [3.63, 3.8) is 0 Å². The molecule has 0 radical (unpaired) electrons. The van der Waals surface area contributed by atoms with Crippen LogP contribution in [0.5, 0.6) is 5.75 Å². The van der Waals surface area contributed by atoms with Crippen LogP contribution in [0.1, 0.15) is 32.9 Å². The molecule has 1 heterocycles. The summed E-state index contributed by atoms with van der Waals surface area (Å²) in [5.74, 6) is -0.588. The number of hydrogen-bond acceptors (Lipinski definition) is 5. The van der Waals surface area contributed by atoms with Crippen LogP contribution >= 0.6 is 11.3 Å². The van der Waals surface area contributed by atoms with Crippen molar-refractivity contribution < 1.29 is 19.4 Å². The maximum atomic E-state index is 12.2. The zero-order chi connectivity index (χ0) is 17.5. The van der Waals surface area contributed by atoms with E-state index in [2.05, 4.69) is 10.3 Å². The maximum Gasteiger partial charge on any atom is 0.341 e. The van der Waals surface area contributed by atoms with Crippen molar-refractivity contribution in [2.24, 2.45) is 0 Å². The Morgan fingerprint density at radius 1 is 1.29 bits per heavy atom. The first-order valence-electron chi connectivity index (χ1n) is 7.67. The predicted octanol–water partition coefficient (Wildman–Crippen LogP) is 2.45. The molecular formula is C17H20N2O4S. The third-order valence-corrected chi connectivity index (χ3v) is 4.63. The number of carbonyl (C=O) groups is 2. The Balaban J connectivity index is 1.82. The molecule has 2 aromatic rings. The minimum Gasteiger partial charge on any atom is -0.482 e. The fourth-order valence-corrected chi connectivity index (χ4v) is 3.03. The van der Waals surface area contributed by atoms with E-state index >= 15 is 0 Å². The molecule has 2 N–H and O–H groups in total. The molecule has 7 heteroatoms. The smallest absolute Gasteiger partial charge is 0.341 e. The SMILES string of the molecule is CCc1nc(C)c(C(=O)NCCc2ccc(OCC(=O)O)cc2)s1. The first-order chi connectivity index (χ1) is 11.5. The normalized spacial score (nSPS) is 10.4. The van der Waals surface area contributed by atoms with Crippen LogP contribution in [0.4, 0.5) is 0 Å². The first kappa shape index (κ1) is 17.9. The van der Waals surface area contributed by atoms with Crippen LogP contribution in [-0.2, 0) is 17.6 Å². The predicted molar refractivity (Wildman–Crippen MR) is 91.8 cm³/mol. The number of thiazole rings is 1. The maximum absolute atomic E-state index is 12.2. The number of hydrogen-bond donors (Lipinski definition) is 2. The molecule has 0 saturated heterocycles.